The fourth-order valence-electron chi connectivity index (χ4n) is 1.66. The molecule has 0 unspecified atom stereocenters. The first kappa shape index (κ1) is 14.8. The van der Waals surface area contributed by atoms with Crippen LogP contribution in [-0.4, -0.2) is 27.8 Å². The van der Waals surface area contributed by atoms with E-state index in [1.54, 1.807) is 0 Å². The van der Waals surface area contributed by atoms with Crippen LogP contribution in [0.4, 0.5) is 11.4 Å². The summed E-state index contributed by atoms with van der Waals surface area (Å²) in [5.41, 5.74) is 9.81. The molecule has 5 nitrogen and oxygen atoms in total. The normalized spacial score (nSPS) is 11.5. The molecule has 0 spiro atoms. The molecule has 1 aromatic rings. The van der Waals surface area contributed by atoms with E-state index in [9.17, 15) is 8.42 Å². The topological polar surface area (TPSA) is 84.2 Å². The quantitative estimate of drug-likeness (QED) is 0.534. The van der Waals surface area contributed by atoms with E-state index in [1.165, 1.54) is 0 Å². The average molecular weight is 271 g/mol. The third kappa shape index (κ3) is 4.54. The molecule has 0 atom stereocenters. The summed E-state index contributed by atoms with van der Waals surface area (Å²) in [6, 6.07) is 3.95. The minimum atomic E-state index is -3.12. The Morgan fingerprint density at radius 3 is 2.50 bits per heavy atom. The first-order valence-electron chi connectivity index (χ1n) is 5.91. The van der Waals surface area contributed by atoms with Gasteiger partial charge in [0.1, 0.15) is 0 Å². The first-order chi connectivity index (χ1) is 8.33. The number of anilines is 2. The summed E-state index contributed by atoms with van der Waals surface area (Å²) >= 11 is 0. The fourth-order valence-corrected chi connectivity index (χ4v) is 2.14. The van der Waals surface area contributed by atoms with Crippen molar-refractivity contribution >= 4 is 21.4 Å². The molecule has 0 aliphatic heterocycles. The van der Waals surface area contributed by atoms with Crippen LogP contribution in [0.3, 0.4) is 0 Å². The van der Waals surface area contributed by atoms with Crippen LogP contribution >= 0.6 is 0 Å². The summed E-state index contributed by atoms with van der Waals surface area (Å²) in [6.07, 6.45) is 2.03. The van der Waals surface area contributed by atoms with Crippen LogP contribution in [0.25, 0.3) is 0 Å². The highest BCUT2D eigenvalue weighted by atomic mass is 32.2. The molecule has 6 heteroatoms. The molecule has 0 amide bonds. The van der Waals surface area contributed by atoms with Crippen molar-refractivity contribution in [3.8, 4) is 0 Å². The van der Waals surface area contributed by atoms with Crippen LogP contribution in [0.5, 0.6) is 0 Å². The minimum Gasteiger partial charge on any atom is -0.399 e. The van der Waals surface area contributed by atoms with E-state index in [-0.39, 0.29) is 0 Å². The summed E-state index contributed by atoms with van der Waals surface area (Å²) in [4.78, 5) is 0. The number of hydrogen-bond acceptors (Lipinski definition) is 4. The van der Waals surface area contributed by atoms with Crippen molar-refractivity contribution in [1.82, 2.24) is 4.72 Å². The Kier molecular flexibility index (Phi) is 4.98. The van der Waals surface area contributed by atoms with Gasteiger partial charge in [0.15, 0.2) is 0 Å². The van der Waals surface area contributed by atoms with Crippen LogP contribution in [0.1, 0.15) is 18.1 Å². The number of sulfonamides is 1. The molecule has 0 radical (unpaired) electrons. The van der Waals surface area contributed by atoms with Crippen molar-refractivity contribution in [3.05, 3.63) is 23.3 Å². The van der Waals surface area contributed by atoms with Crippen molar-refractivity contribution in [1.29, 1.82) is 0 Å². The van der Waals surface area contributed by atoms with Crippen LogP contribution in [-0.2, 0) is 16.4 Å². The molecule has 18 heavy (non-hydrogen) atoms. The number of aryl methyl sites for hydroxylation is 2. The summed E-state index contributed by atoms with van der Waals surface area (Å²) in [5, 5.41) is 3.22. The Balaban J connectivity index is 2.64. The monoisotopic (exact) mass is 271 g/mol. The number of nitrogens with two attached hydrogens (primary N) is 1. The zero-order valence-electron chi connectivity index (χ0n) is 11.1. The van der Waals surface area contributed by atoms with Crippen molar-refractivity contribution in [2.75, 3.05) is 30.4 Å². The Labute approximate surface area is 109 Å². The van der Waals surface area contributed by atoms with E-state index in [1.807, 2.05) is 19.1 Å². The molecule has 1 aromatic carbocycles. The van der Waals surface area contributed by atoms with Crippen molar-refractivity contribution in [2.45, 2.75) is 20.3 Å². The lowest BCUT2D eigenvalue weighted by Gasteiger charge is -2.13. The van der Waals surface area contributed by atoms with Gasteiger partial charge in [0, 0.05) is 24.5 Å². The number of nitrogens with one attached hydrogen (secondary N) is 2. The number of hydrogen-bond donors (Lipinski definition) is 3. The van der Waals surface area contributed by atoms with Crippen LogP contribution in [0, 0.1) is 6.92 Å². The largest absolute Gasteiger partial charge is 0.399 e. The van der Waals surface area contributed by atoms with Crippen LogP contribution in [0.15, 0.2) is 12.1 Å². The standard InChI is InChI=1S/C12H21N3O2S/c1-4-10-8-11(13)9(2)7-12(10)14-5-6-15-18(3,16)17/h7-8,14-15H,4-6,13H2,1-3H3. The summed E-state index contributed by atoms with van der Waals surface area (Å²) in [7, 11) is -3.12. The molecule has 0 saturated carbocycles. The average Bonchev–Trinajstić information content (AvgIpc) is 2.27. The zero-order valence-corrected chi connectivity index (χ0v) is 11.9. The summed E-state index contributed by atoms with van der Waals surface area (Å²) in [5.74, 6) is 0. The molecule has 0 fully saturated rings. The summed E-state index contributed by atoms with van der Waals surface area (Å²) in [6.45, 7) is 4.92. The van der Waals surface area contributed by atoms with Gasteiger partial charge in [-0.05, 0) is 36.6 Å². The molecule has 0 saturated heterocycles. The second-order valence-corrected chi connectivity index (χ2v) is 6.15. The van der Waals surface area contributed by atoms with Gasteiger partial charge in [-0.25, -0.2) is 13.1 Å². The van der Waals surface area contributed by atoms with E-state index in [2.05, 4.69) is 17.0 Å². The van der Waals surface area contributed by atoms with Gasteiger partial charge in [0.2, 0.25) is 10.0 Å². The molecule has 0 heterocycles. The van der Waals surface area contributed by atoms with Crippen molar-refractivity contribution in [2.24, 2.45) is 0 Å². The van der Waals surface area contributed by atoms with Gasteiger partial charge in [-0.1, -0.05) is 6.92 Å². The van der Waals surface area contributed by atoms with E-state index in [4.69, 9.17) is 5.73 Å². The van der Waals surface area contributed by atoms with Crippen molar-refractivity contribution in [3.63, 3.8) is 0 Å². The van der Waals surface area contributed by atoms with Gasteiger partial charge in [-0.2, -0.15) is 0 Å². The van der Waals surface area contributed by atoms with E-state index in [0.717, 1.165) is 35.2 Å². The smallest absolute Gasteiger partial charge is 0.208 e. The van der Waals surface area contributed by atoms with E-state index < -0.39 is 10.0 Å². The van der Waals surface area contributed by atoms with E-state index >= 15 is 0 Å². The first-order valence-corrected chi connectivity index (χ1v) is 7.80. The Morgan fingerprint density at radius 2 is 1.94 bits per heavy atom. The Morgan fingerprint density at radius 1 is 1.28 bits per heavy atom. The van der Waals surface area contributed by atoms with Gasteiger partial charge >= 0.3 is 0 Å². The van der Waals surface area contributed by atoms with Crippen molar-refractivity contribution < 1.29 is 8.42 Å². The van der Waals surface area contributed by atoms with Gasteiger partial charge in [0.25, 0.3) is 0 Å². The molecular weight excluding hydrogens is 250 g/mol. The SMILES string of the molecule is CCc1cc(N)c(C)cc1NCCNS(C)(=O)=O. The lowest BCUT2D eigenvalue weighted by Crippen LogP contribution is -2.27. The van der Waals surface area contributed by atoms with Crippen LogP contribution < -0.4 is 15.8 Å². The molecule has 102 valence electrons. The zero-order chi connectivity index (χ0) is 13.8. The molecule has 0 aromatic heterocycles. The highest BCUT2D eigenvalue weighted by molar-refractivity contribution is 7.88. The van der Waals surface area contributed by atoms with Gasteiger partial charge < -0.3 is 11.1 Å². The van der Waals surface area contributed by atoms with E-state index in [0.29, 0.717) is 13.1 Å². The highest BCUT2D eigenvalue weighted by Crippen LogP contribution is 2.23. The molecule has 0 bridgehead atoms. The van der Waals surface area contributed by atoms with Gasteiger partial charge in [0.05, 0.1) is 6.26 Å². The molecule has 4 N–H and O–H groups in total. The molecule has 1 rings (SSSR count). The third-order valence-electron chi connectivity index (χ3n) is 2.68. The fraction of sp³-hybridized carbons (Fsp3) is 0.500. The second-order valence-electron chi connectivity index (χ2n) is 4.31. The number of rotatable bonds is 6. The minimum absolute atomic E-state index is 0.366. The Hall–Kier alpha value is -1.27. The maximum Gasteiger partial charge on any atom is 0.208 e. The molecular formula is C12H21N3O2S. The second kappa shape index (κ2) is 6.06. The lowest BCUT2D eigenvalue weighted by molar-refractivity contribution is 0.589. The highest BCUT2D eigenvalue weighted by Gasteiger charge is 2.04. The molecule has 0 aliphatic rings. The predicted octanol–water partition coefficient (Wildman–Crippen LogP) is 1.10. The van der Waals surface area contributed by atoms with Gasteiger partial charge in [-0.15, -0.1) is 0 Å². The Bertz CT molecular complexity index is 512. The maximum atomic E-state index is 10.9. The number of nitrogen functional groups attached to an aromatic ring is 1. The number of benzene rings is 1. The maximum absolute atomic E-state index is 10.9. The predicted molar refractivity (Wildman–Crippen MR) is 76.3 cm³/mol. The van der Waals surface area contributed by atoms with Crippen LogP contribution in [0.2, 0.25) is 0 Å². The van der Waals surface area contributed by atoms with Gasteiger partial charge in [-0.3, -0.25) is 0 Å². The lowest BCUT2D eigenvalue weighted by atomic mass is 10.1. The third-order valence-corrected chi connectivity index (χ3v) is 3.41. The summed E-state index contributed by atoms with van der Waals surface area (Å²) < 4.78 is 24.3. The molecule has 0 aliphatic carbocycles.